The van der Waals surface area contributed by atoms with Crippen molar-refractivity contribution in [3.05, 3.63) is 22.4 Å². The molecule has 102 valence electrons. The van der Waals surface area contributed by atoms with Crippen LogP contribution in [0, 0.1) is 0 Å². The van der Waals surface area contributed by atoms with Crippen molar-refractivity contribution in [2.45, 2.75) is 45.1 Å². The molecule has 1 aliphatic rings. The third-order valence-electron chi connectivity index (χ3n) is 3.77. The Labute approximate surface area is 115 Å². The van der Waals surface area contributed by atoms with E-state index in [0.717, 1.165) is 6.04 Å². The lowest BCUT2D eigenvalue weighted by atomic mass is 10.1. The van der Waals surface area contributed by atoms with Crippen LogP contribution in [0.2, 0.25) is 0 Å². The van der Waals surface area contributed by atoms with E-state index in [4.69, 9.17) is 0 Å². The lowest BCUT2D eigenvalue weighted by molar-refractivity contribution is 0.248. The van der Waals surface area contributed by atoms with Gasteiger partial charge in [0.2, 0.25) is 0 Å². The highest BCUT2D eigenvalue weighted by Crippen LogP contribution is 2.11. The molecule has 0 amide bonds. The molecule has 1 fully saturated rings. The molecule has 1 unspecified atom stereocenters. The average molecular weight is 266 g/mol. The fourth-order valence-corrected chi connectivity index (χ4v) is 3.33. The van der Waals surface area contributed by atoms with Crippen LogP contribution < -0.4 is 5.32 Å². The summed E-state index contributed by atoms with van der Waals surface area (Å²) < 4.78 is 0. The van der Waals surface area contributed by atoms with Gasteiger partial charge in [0.05, 0.1) is 0 Å². The van der Waals surface area contributed by atoms with Gasteiger partial charge >= 0.3 is 0 Å². The first-order chi connectivity index (χ1) is 8.88. The Kier molecular flexibility index (Phi) is 6.18. The van der Waals surface area contributed by atoms with Gasteiger partial charge in [0, 0.05) is 19.1 Å². The van der Waals surface area contributed by atoms with E-state index in [9.17, 15) is 0 Å². The molecule has 1 aromatic rings. The summed E-state index contributed by atoms with van der Waals surface area (Å²) >= 11 is 1.81. The number of thiophene rings is 1. The second kappa shape index (κ2) is 7.93. The van der Waals surface area contributed by atoms with E-state index in [-0.39, 0.29) is 0 Å². The maximum absolute atomic E-state index is 3.62. The minimum absolute atomic E-state index is 0.740. The minimum atomic E-state index is 0.740. The number of hydrogen-bond donors (Lipinski definition) is 1. The zero-order valence-electron chi connectivity index (χ0n) is 11.5. The van der Waals surface area contributed by atoms with Gasteiger partial charge in [0.15, 0.2) is 0 Å². The van der Waals surface area contributed by atoms with Crippen molar-refractivity contribution in [3.8, 4) is 0 Å². The Hall–Kier alpha value is -0.380. The van der Waals surface area contributed by atoms with Gasteiger partial charge in [0.1, 0.15) is 0 Å². The van der Waals surface area contributed by atoms with Crippen LogP contribution in [0.1, 0.15) is 38.2 Å². The molecule has 0 spiro atoms. The zero-order chi connectivity index (χ0) is 12.6. The fraction of sp³-hybridized carbons (Fsp3) is 0.733. The SMILES string of the molecule is CCCCN(CCc1ccsc1)CC1CCCN1. The molecule has 1 aliphatic heterocycles. The van der Waals surface area contributed by atoms with Crippen molar-refractivity contribution in [3.63, 3.8) is 0 Å². The Bertz CT molecular complexity index is 304. The highest BCUT2D eigenvalue weighted by atomic mass is 32.1. The highest BCUT2D eigenvalue weighted by Gasteiger charge is 2.17. The van der Waals surface area contributed by atoms with Crippen molar-refractivity contribution in [1.82, 2.24) is 10.2 Å². The van der Waals surface area contributed by atoms with Crippen molar-refractivity contribution in [1.29, 1.82) is 0 Å². The summed E-state index contributed by atoms with van der Waals surface area (Å²) in [6.45, 7) is 7.22. The second-order valence-corrected chi connectivity index (χ2v) is 6.11. The molecule has 2 rings (SSSR count). The van der Waals surface area contributed by atoms with Gasteiger partial charge in [-0.25, -0.2) is 0 Å². The van der Waals surface area contributed by atoms with Gasteiger partial charge in [-0.2, -0.15) is 11.3 Å². The molecule has 1 N–H and O–H groups in total. The van der Waals surface area contributed by atoms with Crippen LogP contribution in [0.3, 0.4) is 0 Å². The van der Waals surface area contributed by atoms with Crippen molar-refractivity contribution in [2.24, 2.45) is 0 Å². The minimum Gasteiger partial charge on any atom is -0.313 e. The van der Waals surface area contributed by atoms with Crippen LogP contribution in [-0.2, 0) is 6.42 Å². The molecule has 18 heavy (non-hydrogen) atoms. The van der Waals surface area contributed by atoms with Crippen LogP contribution in [0.5, 0.6) is 0 Å². The summed E-state index contributed by atoms with van der Waals surface area (Å²) in [5, 5.41) is 8.09. The molecule has 1 aromatic heterocycles. The van der Waals surface area contributed by atoms with E-state index in [2.05, 4.69) is 34.0 Å². The number of unbranched alkanes of at least 4 members (excludes halogenated alkanes) is 1. The number of hydrogen-bond acceptors (Lipinski definition) is 3. The molecule has 2 nitrogen and oxygen atoms in total. The third-order valence-corrected chi connectivity index (χ3v) is 4.50. The maximum Gasteiger partial charge on any atom is 0.0195 e. The molecule has 2 heterocycles. The molecule has 1 atom stereocenters. The summed E-state index contributed by atoms with van der Waals surface area (Å²) in [5.41, 5.74) is 1.50. The predicted molar refractivity (Wildman–Crippen MR) is 80.4 cm³/mol. The third kappa shape index (κ3) is 4.71. The van der Waals surface area contributed by atoms with Gasteiger partial charge in [-0.05, 0) is 61.2 Å². The van der Waals surface area contributed by atoms with Crippen LogP contribution in [0.15, 0.2) is 16.8 Å². The molecular weight excluding hydrogens is 240 g/mol. The van der Waals surface area contributed by atoms with Gasteiger partial charge in [0.25, 0.3) is 0 Å². The summed E-state index contributed by atoms with van der Waals surface area (Å²) in [5.74, 6) is 0. The van der Waals surface area contributed by atoms with Crippen LogP contribution in [0.4, 0.5) is 0 Å². The summed E-state index contributed by atoms with van der Waals surface area (Å²) in [7, 11) is 0. The first kappa shape index (κ1) is 14.0. The van der Waals surface area contributed by atoms with Gasteiger partial charge in [-0.15, -0.1) is 0 Å². The molecule has 1 saturated heterocycles. The number of nitrogens with zero attached hydrogens (tertiary/aromatic N) is 1. The van der Waals surface area contributed by atoms with E-state index in [1.165, 1.54) is 63.8 Å². The Morgan fingerprint density at radius 2 is 2.39 bits per heavy atom. The lowest BCUT2D eigenvalue weighted by Crippen LogP contribution is -2.39. The lowest BCUT2D eigenvalue weighted by Gasteiger charge is -2.25. The molecule has 0 aliphatic carbocycles. The van der Waals surface area contributed by atoms with E-state index in [1.54, 1.807) is 0 Å². The van der Waals surface area contributed by atoms with Gasteiger partial charge < -0.3 is 10.2 Å². The quantitative estimate of drug-likeness (QED) is 0.777. The first-order valence-electron chi connectivity index (χ1n) is 7.35. The zero-order valence-corrected chi connectivity index (χ0v) is 12.3. The second-order valence-electron chi connectivity index (χ2n) is 5.33. The normalized spacial score (nSPS) is 19.8. The van der Waals surface area contributed by atoms with E-state index in [0.29, 0.717) is 0 Å². The van der Waals surface area contributed by atoms with Crippen molar-refractivity contribution >= 4 is 11.3 Å². The summed E-state index contributed by atoms with van der Waals surface area (Å²) in [6.07, 6.45) is 6.56. The van der Waals surface area contributed by atoms with Crippen molar-refractivity contribution < 1.29 is 0 Å². The Balaban J connectivity index is 1.75. The summed E-state index contributed by atoms with van der Waals surface area (Å²) in [4.78, 5) is 2.66. The maximum atomic E-state index is 3.62. The average Bonchev–Trinajstić information content (AvgIpc) is 3.05. The largest absolute Gasteiger partial charge is 0.313 e. The fourth-order valence-electron chi connectivity index (χ4n) is 2.62. The van der Waals surface area contributed by atoms with E-state index in [1.807, 2.05) is 11.3 Å². The highest BCUT2D eigenvalue weighted by molar-refractivity contribution is 7.07. The number of rotatable bonds is 8. The van der Waals surface area contributed by atoms with Crippen LogP contribution in [0.25, 0.3) is 0 Å². The van der Waals surface area contributed by atoms with E-state index < -0.39 is 0 Å². The van der Waals surface area contributed by atoms with E-state index >= 15 is 0 Å². The van der Waals surface area contributed by atoms with Crippen molar-refractivity contribution in [2.75, 3.05) is 26.2 Å². The first-order valence-corrected chi connectivity index (χ1v) is 8.29. The molecule has 0 aromatic carbocycles. The smallest absolute Gasteiger partial charge is 0.0195 e. The molecule has 0 bridgehead atoms. The van der Waals surface area contributed by atoms with Gasteiger partial charge in [-0.3, -0.25) is 0 Å². The molecule has 0 saturated carbocycles. The summed E-state index contributed by atoms with van der Waals surface area (Å²) in [6, 6.07) is 3.00. The standard InChI is InChI=1S/C15H26N2S/c1-2-3-9-17(12-15-5-4-8-16-15)10-6-14-7-11-18-13-14/h7,11,13,15-16H,2-6,8-10,12H2,1H3. The molecular formula is C15H26N2S. The monoisotopic (exact) mass is 266 g/mol. The van der Waals surface area contributed by atoms with Gasteiger partial charge in [-0.1, -0.05) is 13.3 Å². The number of nitrogens with one attached hydrogen (secondary N) is 1. The molecule has 0 radical (unpaired) electrons. The van der Waals surface area contributed by atoms with Crippen LogP contribution in [-0.4, -0.2) is 37.1 Å². The van der Waals surface area contributed by atoms with Crippen LogP contribution >= 0.6 is 11.3 Å². The predicted octanol–water partition coefficient (Wildman–Crippen LogP) is 3.14. The Morgan fingerprint density at radius 1 is 1.44 bits per heavy atom. The topological polar surface area (TPSA) is 15.3 Å². The molecule has 3 heteroatoms. The Morgan fingerprint density at radius 3 is 3.06 bits per heavy atom.